The minimum atomic E-state index is -2.42. The predicted molar refractivity (Wildman–Crippen MR) is 216 cm³/mol. The number of rotatable bonds is 19. The first-order chi connectivity index (χ1) is 27.1. The largest absolute Gasteiger partial charge is 0.489 e. The van der Waals surface area contributed by atoms with Gasteiger partial charge in [-0.05, 0) is 57.6 Å². The van der Waals surface area contributed by atoms with Crippen molar-refractivity contribution in [3.63, 3.8) is 0 Å². The van der Waals surface area contributed by atoms with E-state index in [0.717, 1.165) is 11.1 Å². The molecule has 56 heavy (non-hydrogen) atoms. The van der Waals surface area contributed by atoms with Crippen molar-refractivity contribution >= 4 is 0 Å². The molecule has 6 aromatic carbocycles. The summed E-state index contributed by atoms with van der Waals surface area (Å²) in [6, 6.07) is 51.2. The molecule has 2 unspecified atom stereocenters. The fourth-order valence-electron chi connectivity index (χ4n) is 7.04. The Morgan fingerprint density at radius 3 is 1.02 bits per heavy atom. The van der Waals surface area contributed by atoms with E-state index in [4.69, 9.17) is 9.47 Å². The maximum Gasteiger partial charge on any atom is 0.123 e. The Morgan fingerprint density at radius 2 is 0.679 bits per heavy atom. The highest BCUT2D eigenvalue weighted by Crippen LogP contribution is 2.35. The van der Waals surface area contributed by atoms with Gasteiger partial charge >= 0.3 is 0 Å². The summed E-state index contributed by atoms with van der Waals surface area (Å²) in [6.45, 7) is 0.606. The first-order valence-electron chi connectivity index (χ1n) is 18.9. The molecule has 0 saturated carbocycles. The van der Waals surface area contributed by atoms with Crippen LogP contribution in [-0.4, -0.2) is 66.3 Å². The van der Waals surface area contributed by atoms with Crippen LogP contribution in [-0.2, 0) is 38.9 Å². The third-order valence-electron chi connectivity index (χ3n) is 10.3. The predicted octanol–water partition coefficient (Wildman–Crippen LogP) is 6.02. The third-order valence-corrected chi connectivity index (χ3v) is 10.3. The fraction of sp³-hybridized carbons (Fsp3) is 0.250. The topological polar surface area (TPSA) is 140 Å². The average molecular weight is 755 g/mol. The molecule has 0 saturated heterocycles. The summed E-state index contributed by atoms with van der Waals surface area (Å²) in [6.07, 6.45) is -8.33. The van der Waals surface area contributed by atoms with E-state index in [9.17, 15) is 30.6 Å². The lowest BCUT2D eigenvalue weighted by molar-refractivity contribution is -0.232. The summed E-state index contributed by atoms with van der Waals surface area (Å²) in [5, 5.41) is 73.1. The second-order valence-corrected chi connectivity index (χ2v) is 14.5. The molecule has 0 aromatic heterocycles. The lowest BCUT2D eigenvalue weighted by atomic mass is 9.72. The zero-order valence-electron chi connectivity index (χ0n) is 31.2. The minimum Gasteiger partial charge on any atom is -0.489 e. The molecule has 6 atom stereocenters. The van der Waals surface area contributed by atoms with E-state index in [1.807, 2.05) is 72.8 Å². The molecule has 0 radical (unpaired) electrons. The molecule has 0 aliphatic rings. The molecule has 0 bridgehead atoms. The molecule has 8 nitrogen and oxygen atoms in total. The van der Waals surface area contributed by atoms with Gasteiger partial charge in [-0.25, -0.2) is 0 Å². The van der Waals surface area contributed by atoms with E-state index in [1.165, 1.54) is 0 Å². The highest BCUT2D eigenvalue weighted by molar-refractivity contribution is 5.33. The molecule has 0 heterocycles. The van der Waals surface area contributed by atoms with Crippen molar-refractivity contribution in [1.82, 2.24) is 0 Å². The van der Waals surface area contributed by atoms with E-state index in [2.05, 4.69) is 0 Å². The van der Waals surface area contributed by atoms with Crippen molar-refractivity contribution < 1.29 is 40.1 Å². The number of benzene rings is 6. The van der Waals surface area contributed by atoms with Crippen LogP contribution in [0.1, 0.15) is 33.4 Å². The van der Waals surface area contributed by atoms with Gasteiger partial charge in [0.25, 0.3) is 0 Å². The van der Waals surface area contributed by atoms with Crippen LogP contribution in [0.5, 0.6) is 11.5 Å². The summed E-state index contributed by atoms with van der Waals surface area (Å²) in [5.74, 6) is 1.01. The molecule has 0 spiro atoms. The average Bonchev–Trinajstić information content (AvgIpc) is 3.23. The van der Waals surface area contributed by atoms with Crippen molar-refractivity contribution in [2.24, 2.45) is 0 Å². The van der Waals surface area contributed by atoms with Gasteiger partial charge in [0, 0.05) is 25.7 Å². The lowest BCUT2D eigenvalue weighted by Crippen LogP contribution is -2.67. The molecule has 0 fully saturated rings. The van der Waals surface area contributed by atoms with Crippen molar-refractivity contribution in [3.05, 3.63) is 203 Å². The van der Waals surface area contributed by atoms with Crippen LogP contribution in [0.4, 0.5) is 0 Å². The molecular formula is C48H50O8. The van der Waals surface area contributed by atoms with Gasteiger partial charge in [0.1, 0.15) is 48.1 Å². The number of aliphatic hydroxyl groups is 6. The van der Waals surface area contributed by atoms with Crippen LogP contribution < -0.4 is 9.47 Å². The number of ether oxygens (including phenoxy) is 2. The van der Waals surface area contributed by atoms with Crippen LogP contribution in [0.15, 0.2) is 170 Å². The second kappa shape index (κ2) is 19.0. The van der Waals surface area contributed by atoms with Gasteiger partial charge in [-0.1, -0.05) is 146 Å². The van der Waals surface area contributed by atoms with E-state index < -0.39 is 35.6 Å². The Hall–Kier alpha value is -5.32. The normalized spacial score (nSPS) is 15.8. The smallest absolute Gasteiger partial charge is 0.123 e. The number of hydrogen-bond acceptors (Lipinski definition) is 8. The lowest BCUT2D eigenvalue weighted by Gasteiger charge is -2.46. The zero-order chi connectivity index (χ0) is 39.4. The molecule has 6 N–H and O–H groups in total. The van der Waals surface area contributed by atoms with E-state index in [0.29, 0.717) is 47.0 Å². The van der Waals surface area contributed by atoms with Crippen LogP contribution in [0, 0.1) is 0 Å². The summed E-state index contributed by atoms with van der Waals surface area (Å²) in [7, 11) is 0. The fourth-order valence-corrected chi connectivity index (χ4v) is 7.04. The zero-order valence-corrected chi connectivity index (χ0v) is 31.2. The minimum absolute atomic E-state index is 0.0723. The maximum atomic E-state index is 12.5. The number of aliphatic hydroxyl groups excluding tert-OH is 4. The van der Waals surface area contributed by atoms with E-state index in [1.54, 1.807) is 97.1 Å². The molecule has 8 heteroatoms. The standard InChI is InChI=1S/C48H50O8/c49-43(29-35-15-5-1-6-16-35)47(53,31-39-23-13-25-41(27-39)55-33-37-19-9-3-10-20-37)45(51)46(52)48(54,44(50)30-36-17-7-2-8-18-36)32-40-24-14-26-42(28-40)56-34-38-21-11-4-12-22-38/h1-28,43-46,49-54H,29-34H2/t43?,44?,45-,46-,47+,48+/m0/s1. The third kappa shape index (κ3) is 10.5. The van der Waals surface area contributed by atoms with Gasteiger partial charge in [0.05, 0.1) is 12.2 Å². The molecule has 6 rings (SSSR count). The number of hydrogen-bond donors (Lipinski definition) is 6. The van der Waals surface area contributed by atoms with Gasteiger partial charge in [0.2, 0.25) is 0 Å². The molecule has 0 aliphatic heterocycles. The van der Waals surface area contributed by atoms with Crippen molar-refractivity contribution in [2.45, 2.75) is 74.5 Å². The molecule has 0 aliphatic carbocycles. The van der Waals surface area contributed by atoms with Crippen LogP contribution in [0.3, 0.4) is 0 Å². The SMILES string of the molecule is OC(Cc1ccccc1)[C@](O)(Cc1cccc(OCc2ccccc2)c1)[C@@H](O)[C@H](O)[C@@](O)(Cc1cccc(OCc2ccccc2)c1)C(O)Cc1ccccc1. The first kappa shape index (κ1) is 40.3. The summed E-state index contributed by atoms with van der Waals surface area (Å²) in [5.41, 5.74) is -0.525. The highest BCUT2D eigenvalue weighted by atomic mass is 16.5. The summed E-state index contributed by atoms with van der Waals surface area (Å²) in [4.78, 5) is 0. The van der Waals surface area contributed by atoms with Gasteiger partial charge in [-0.15, -0.1) is 0 Å². The van der Waals surface area contributed by atoms with Crippen molar-refractivity contribution in [1.29, 1.82) is 0 Å². The Labute approximate surface area is 328 Å². The summed E-state index contributed by atoms with van der Waals surface area (Å²) < 4.78 is 12.1. The first-order valence-corrected chi connectivity index (χ1v) is 18.9. The van der Waals surface area contributed by atoms with Gasteiger partial charge in [-0.2, -0.15) is 0 Å². The molecular weight excluding hydrogens is 705 g/mol. The Morgan fingerprint density at radius 1 is 0.375 bits per heavy atom. The molecule has 0 amide bonds. The highest BCUT2D eigenvalue weighted by Gasteiger charge is 2.54. The second-order valence-electron chi connectivity index (χ2n) is 14.5. The Balaban J connectivity index is 1.31. The van der Waals surface area contributed by atoms with Crippen molar-refractivity contribution in [2.75, 3.05) is 0 Å². The van der Waals surface area contributed by atoms with Gasteiger partial charge < -0.3 is 40.1 Å². The molecule has 290 valence electrons. The maximum absolute atomic E-state index is 12.5. The quantitative estimate of drug-likeness (QED) is 0.0591. The Kier molecular flexibility index (Phi) is 13.7. The van der Waals surface area contributed by atoms with Gasteiger partial charge in [0.15, 0.2) is 0 Å². The Bertz CT molecular complexity index is 1910. The van der Waals surface area contributed by atoms with Crippen LogP contribution >= 0.6 is 0 Å². The molecule has 6 aromatic rings. The summed E-state index contributed by atoms with van der Waals surface area (Å²) >= 11 is 0. The van der Waals surface area contributed by atoms with E-state index >= 15 is 0 Å². The monoisotopic (exact) mass is 754 g/mol. The van der Waals surface area contributed by atoms with Crippen LogP contribution in [0.2, 0.25) is 0 Å². The van der Waals surface area contributed by atoms with Crippen molar-refractivity contribution in [3.8, 4) is 11.5 Å². The van der Waals surface area contributed by atoms with E-state index in [-0.39, 0.29) is 25.7 Å². The van der Waals surface area contributed by atoms with Gasteiger partial charge in [-0.3, -0.25) is 0 Å². The van der Waals surface area contributed by atoms with Crippen LogP contribution in [0.25, 0.3) is 0 Å².